The third kappa shape index (κ3) is 7.97. The Morgan fingerprint density at radius 2 is 1.87 bits per heavy atom. The van der Waals surface area contributed by atoms with Gasteiger partial charge >= 0.3 is 5.97 Å². The lowest BCUT2D eigenvalue weighted by atomic mass is 9.84. The Bertz CT molecular complexity index is 224. The lowest BCUT2D eigenvalue weighted by molar-refractivity contribution is -0.137. The molecule has 0 rings (SSSR count). The predicted molar refractivity (Wildman–Crippen MR) is 58.6 cm³/mol. The maximum Gasteiger partial charge on any atom is 0.303 e. The molecule has 15 heavy (non-hydrogen) atoms. The van der Waals surface area contributed by atoms with Crippen molar-refractivity contribution in [2.75, 3.05) is 6.54 Å². The van der Waals surface area contributed by atoms with Crippen LogP contribution in [0.5, 0.6) is 0 Å². The summed E-state index contributed by atoms with van der Waals surface area (Å²) in [6.45, 7) is 6.48. The van der Waals surface area contributed by atoms with Crippen molar-refractivity contribution in [3.05, 3.63) is 0 Å². The average molecular weight is 215 g/mol. The first-order valence-corrected chi connectivity index (χ1v) is 5.36. The average Bonchev–Trinajstić information content (AvgIpc) is 2.14. The second kappa shape index (κ2) is 6.43. The number of rotatable bonds is 7. The molecule has 0 aromatic heterocycles. The monoisotopic (exact) mass is 215 g/mol. The van der Waals surface area contributed by atoms with Gasteiger partial charge in [0.05, 0.1) is 0 Å². The van der Waals surface area contributed by atoms with Gasteiger partial charge in [0, 0.05) is 19.4 Å². The van der Waals surface area contributed by atoms with Gasteiger partial charge in [-0.1, -0.05) is 20.8 Å². The number of carboxylic acids is 1. The molecule has 0 unspecified atom stereocenters. The zero-order chi connectivity index (χ0) is 11.9. The summed E-state index contributed by atoms with van der Waals surface area (Å²) in [5.41, 5.74) is -0.0284. The molecule has 4 nitrogen and oxygen atoms in total. The van der Waals surface area contributed by atoms with E-state index in [1.54, 1.807) is 0 Å². The van der Waals surface area contributed by atoms with Crippen LogP contribution in [-0.4, -0.2) is 23.5 Å². The van der Waals surface area contributed by atoms with Crippen molar-refractivity contribution in [3.63, 3.8) is 0 Å². The van der Waals surface area contributed by atoms with Crippen LogP contribution in [0.25, 0.3) is 0 Å². The highest BCUT2D eigenvalue weighted by Gasteiger charge is 2.18. The third-order valence-electron chi connectivity index (χ3n) is 2.46. The van der Waals surface area contributed by atoms with Gasteiger partial charge in [-0.05, 0) is 18.3 Å². The van der Waals surface area contributed by atoms with E-state index >= 15 is 0 Å². The fraction of sp³-hybridized carbons (Fsp3) is 0.818. The number of carbonyl (C=O) groups is 2. The second-order valence-electron chi connectivity index (χ2n) is 4.51. The zero-order valence-corrected chi connectivity index (χ0v) is 9.80. The van der Waals surface area contributed by atoms with Gasteiger partial charge in [-0.15, -0.1) is 0 Å². The Hall–Kier alpha value is -1.06. The van der Waals surface area contributed by atoms with E-state index in [9.17, 15) is 9.59 Å². The molecule has 2 N–H and O–H groups in total. The Morgan fingerprint density at radius 1 is 1.27 bits per heavy atom. The van der Waals surface area contributed by atoms with E-state index in [0.29, 0.717) is 19.4 Å². The van der Waals surface area contributed by atoms with E-state index in [4.69, 9.17) is 5.11 Å². The quantitative estimate of drug-likeness (QED) is 0.680. The molecular formula is C11H21NO3. The number of carbonyl (C=O) groups excluding carboxylic acids is 1. The van der Waals surface area contributed by atoms with Gasteiger partial charge in [0.1, 0.15) is 0 Å². The number of nitrogens with one attached hydrogen (secondary N) is 1. The molecule has 0 fully saturated rings. The molecule has 0 radical (unpaired) electrons. The van der Waals surface area contributed by atoms with Crippen molar-refractivity contribution in [2.45, 2.75) is 46.5 Å². The minimum absolute atomic E-state index is 0.0284. The molecule has 0 saturated carbocycles. The summed E-state index contributed by atoms with van der Waals surface area (Å²) >= 11 is 0. The van der Waals surface area contributed by atoms with Crippen LogP contribution < -0.4 is 5.32 Å². The van der Waals surface area contributed by atoms with Gasteiger partial charge in [0.2, 0.25) is 5.91 Å². The molecule has 0 aliphatic heterocycles. The SMILES string of the molecule is CCC(=O)NCCC(C)(C)CCC(=O)O. The van der Waals surface area contributed by atoms with Crippen LogP contribution in [0.4, 0.5) is 0 Å². The summed E-state index contributed by atoms with van der Waals surface area (Å²) in [5.74, 6) is -0.718. The Labute approximate surface area is 91.1 Å². The lowest BCUT2D eigenvalue weighted by Crippen LogP contribution is -2.27. The highest BCUT2D eigenvalue weighted by atomic mass is 16.4. The first kappa shape index (κ1) is 13.9. The van der Waals surface area contributed by atoms with Gasteiger partial charge in [0.25, 0.3) is 0 Å². The van der Waals surface area contributed by atoms with E-state index in [0.717, 1.165) is 6.42 Å². The molecule has 1 amide bonds. The van der Waals surface area contributed by atoms with Crippen LogP contribution in [0.3, 0.4) is 0 Å². The molecule has 0 bridgehead atoms. The standard InChI is InChI=1S/C11H21NO3/c1-4-9(13)12-8-7-11(2,3)6-5-10(14)15/h4-8H2,1-3H3,(H,12,13)(H,14,15). The van der Waals surface area contributed by atoms with Gasteiger partial charge in [-0.3, -0.25) is 9.59 Å². The van der Waals surface area contributed by atoms with Gasteiger partial charge in [-0.25, -0.2) is 0 Å². The summed E-state index contributed by atoms with van der Waals surface area (Å²) in [5, 5.41) is 11.3. The minimum Gasteiger partial charge on any atom is -0.481 e. The van der Waals surface area contributed by atoms with Crippen molar-refractivity contribution < 1.29 is 14.7 Å². The topological polar surface area (TPSA) is 66.4 Å². The van der Waals surface area contributed by atoms with Crippen LogP contribution in [0.15, 0.2) is 0 Å². The van der Waals surface area contributed by atoms with E-state index in [1.165, 1.54) is 0 Å². The van der Waals surface area contributed by atoms with Crippen LogP contribution in [-0.2, 0) is 9.59 Å². The summed E-state index contributed by atoms with van der Waals surface area (Å²) < 4.78 is 0. The zero-order valence-electron chi connectivity index (χ0n) is 9.80. The highest BCUT2D eigenvalue weighted by Crippen LogP contribution is 2.25. The van der Waals surface area contributed by atoms with Crippen LogP contribution >= 0.6 is 0 Å². The number of hydrogen-bond acceptors (Lipinski definition) is 2. The van der Waals surface area contributed by atoms with E-state index in [1.807, 2.05) is 20.8 Å². The summed E-state index contributed by atoms with van der Waals surface area (Å²) in [6.07, 6.45) is 2.14. The van der Waals surface area contributed by atoms with Gasteiger partial charge in [0.15, 0.2) is 0 Å². The van der Waals surface area contributed by atoms with Crippen molar-refractivity contribution in [1.82, 2.24) is 5.32 Å². The molecule has 0 aromatic carbocycles. The number of aliphatic carboxylic acids is 1. The molecule has 0 aliphatic carbocycles. The Kier molecular flexibility index (Phi) is 5.97. The molecule has 0 atom stereocenters. The first-order valence-electron chi connectivity index (χ1n) is 5.36. The fourth-order valence-corrected chi connectivity index (χ4v) is 1.24. The second-order valence-corrected chi connectivity index (χ2v) is 4.51. The third-order valence-corrected chi connectivity index (χ3v) is 2.46. The molecule has 0 heterocycles. The number of amides is 1. The molecular weight excluding hydrogens is 194 g/mol. The lowest BCUT2D eigenvalue weighted by Gasteiger charge is -2.23. The molecule has 0 saturated heterocycles. The Balaban J connectivity index is 3.73. The first-order chi connectivity index (χ1) is 6.87. The molecule has 4 heteroatoms. The smallest absolute Gasteiger partial charge is 0.303 e. The van der Waals surface area contributed by atoms with Crippen LogP contribution in [0.2, 0.25) is 0 Å². The molecule has 0 aromatic rings. The van der Waals surface area contributed by atoms with E-state index in [2.05, 4.69) is 5.32 Å². The number of hydrogen-bond donors (Lipinski definition) is 2. The van der Waals surface area contributed by atoms with Gasteiger partial charge < -0.3 is 10.4 Å². The van der Waals surface area contributed by atoms with Crippen molar-refractivity contribution in [3.8, 4) is 0 Å². The van der Waals surface area contributed by atoms with Crippen LogP contribution in [0, 0.1) is 5.41 Å². The minimum atomic E-state index is -0.763. The van der Waals surface area contributed by atoms with Crippen molar-refractivity contribution >= 4 is 11.9 Å². The van der Waals surface area contributed by atoms with E-state index in [-0.39, 0.29) is 17.7 Å². The maximum absolute atomic E-state index is 11.0. The number of carboxylic acid groups (broad SMARTS) is 1. The van der Waals surface area contributed by atoms with Crippen molar-refractivity contribution in [1.29, 1.82) is 0 Å². The maximum atomic E-state index is 11.0. The predicted octanol–water partition coefficient (Wildman–Crippen LogP) is 1.79. The highest BCUT2D eigenvalue weighted by molar-refractivity contribution is 5.75. The molecule has 88 valence electrons. The largest absolute Gasteiger partial charge is 0.481 e. The summed E-state index contributed by atoms with van der Waals surface area (Å²) in [6, 6.07) is 0. The Morgan fingerprint density at radius 3 is 2.33 bits per heavy atom. The summed E-state index contributed by atoms with van der Waals surface area (Å²) in [4.78, 5) is 21.4. The molecule has 0 aliphatic rings. The summed E-state index contributed by atoms with van der Waals surface area (Å²) in [7, 11) is 0. The van der Waals surface area contributed by atoms with Crippen molar-refractivity contribution in [2.24, 2.45) is 5.41 Å². The van der Waals surface area contributed by atoms with E-state index < -0.39 is 5.97 Å². The van der Waals surface area contributed by atoms with Crippen LogP contribution in [0.1, 0.15) is 46.5 Å². The normalized spacial score (nSPS) is 11.1. The molecule has 0 spiro atoms. The van der Waals surface area contributed by atoms with Gasteiger partial charge in [-0.2, -0.15) is 0 Å². The fourth-order valence-electron chi connectivity index (χ4n) is 1.24.